The average molecular weight is 397 g/mol. The van der Waals surface area contributed by atoms with Crippen molar-refractivity contribution in [1.82, 2.24) is 15.0 Å². The summed E-state index contributed by atoms with van der Waals surface area (Å²) >= 11 is 0. The number of hydrogen-bond donors (Lipinski definition) is 0. The highest BCUT2D eigenvalue weighted by Crippen LogP contribution is 2.24. The summed E-state index contributed by atoms with van der Waals surface area (Å²) in [5.74, 6) is 0.0242. The number of aromatic nitrogens is 1. The Bertz CT molecular complexity index is 855. The first kappa shape index (κ1) is 19.5. The van der Waals surface area contributed by atoms with Crippen molar-refractivity contribution in [2.24, 2.45) is 0 Å². The molecule has 29 heavy (non-hydrogen) atoms. The van der Waals surface area contributed by atoms with E-state index in [2.05, 4.69) is 5.16 Å². The molecule has 0 N–H and O–H groups in total. The minimum atomic E-state index is -0.276. The van der Waals surface area contributed by atoms with Gasteiger partial charge in [-0.15, -0.1) is 0 Å². The maximum absolute atomic E-state index is 13.1. The molecular weight excluding hydrogens is 370 g/mol. The minimum absolute atomic E-state index is 0.129. The molecule has 7 heteroatoms. The fourth-order valence-electron chi connectivity index (χ4n) is 3.98. The van der Waals surface area contributed by atoms with Crippen LogP contribution in [0.2, 0.25) is 0 Å². The van der Waals surface area contributed by atoms with E-state index in [1.807, 2.05) is 31.2 Å². The number of rotatable bonds is 4. The summed E-state index contributed by atoms with van der Waals surface area (Å²) in [5, 5.41) is 4.07. The Morgan fingerprint density at radius 3 is 2.59 bits per heavy atom. The average Bonchev–Trinajstić information content (AvgIpc) is 3.45. The lowest BCUT2D eigenvalue weighted by molar-refractivity contribution is 0.0363. The smallest absolute Gasteiger partial charge is 0.409 e. The number of nitrogens with zero attached hydrogens (tertiary/aromatic N) is 3. The van der Waals surface area contributed by atoms with Gasteiger partial charge in [-0.25, -0.2) is 4.79 Å². The van der Waals surface area contributed by atoms with Gasteiger partial charge >= 0.3 is 6.09 Å². The van der Waals surface area contributed by atoms with Crippen molar-refractivity contribution in [1.29, 1.82) is 0 Å². The molecule has 1 aromatic carbocycles. The standard InChI is InChI=1S/C22H27N3O4/c1-16-7-9-17(10-8-16)19-14-20(29-23-19)21(26)25-13-3-2-6-18(25)15-28-22(27)24-11-4-5-12-24/h7-10,14,18H,2-6,11-13,15H2,1H3. The summed E-state index contributed by atoms with van der Waals surface area (Å²) < 4.78 is 10.9. The highest BCUT2D eigenvalue weighted by Gasteiger charge is 2.31. The van der Waals surface area contributed by atoms with Crippen LogP contribution in [-0.2, 0) is 4.74 Å². The molecular formula is C22H27N3O4. The van der Waals surface area contributed by atoms with E-state index < -0.39 is 0 Å². The summed E-state index contributed by atoms with van der Waals surface area (Å²) in [4.78, 5) is 28.7. The van der Waals surface area contributed by atoms with Crippen LogP contribution in [0.4, 0.5) is 4.79 Å². The molecule has 2 amide bonds. The first-order chi connectivity index (χ1) is 14.1. The Morgan fingerprint density at radius 2 is 1.83 bits per heavy atom. The zero-order valence-electron chi connectivity index (χ0n) is 16.8. The third-order valence-electron chi connectivity index (χ3n) is 5.72. The molecule has 0 spiro atoms. The topological polar surface area (TPSA) is 75.9 Å². The molecule has 1 unspecified atom stereocenters. The molecule has 154 valence electrons. The maximum Gasteiger partial charge on any atom is 0.409 e. The zero-order valence-corrected chi connectivity index (χ0v) is 16.8. The molecule has 0 saturated carbocycles. The number of carbonyl (C=O) groups excluding carboxylic acids is 2. The van der Waals surface area contributed by atoms with Gasteiger partial charge in [-0.05, 0) is 39.0 Å². The molecule has 0 aliphatic carbocycles. The summed E-state index contributed by atoms with van der Waals surface area (Å²) in [7, 11) is 0. The van der Waals surface area contributed by atoms with Crippen LogP contribution in [0.15, 0.2) is 34.9 Å². The van der Waals surface area contributed by atoms with Gasteiger partial charge in [0.1, 0.15) is 12.3 Å². The van der Waals surface area contributed by atoms with Crippen molar-refractivity contribution < 1.29 is 18.8 Å². The fourth-order valence-corrected chi connectivity index (χ4v) is 3.98. The molecule has 2 aliphatic heterocycles. The first-order valence-corrected chi connectivity index (χ1v) is 10.4. The number of likely N-dealkylation sites (tertiary alicyclic amines) is 2. The number of ether oxygens (including phenoxy) is 1. The minimum Gasteiger partial charge on any atom is -0.447 e. The third-order valence-corrected chi connectivity index (χ3v) is 5.72. The second-order valence-electron chi connectivity index (χ2n) is 7.86. The third kappa shape index (κ3) is 4.44. The van der Waals surface area contributed by atoms with Crippen LogP contribution in [0.25, 0.3) is 11.3 Å². The number of hydrogen-bond acceptors (Lipinski definition) is 5. The van der Waals surface area contributed by atoms with E-state index >= 15 is 0 Å². The van der Waals surface area contributed by atoms with Gasteiger partial charge in [-0.3, -0.25) is 4.79 Å². The van der Waals surface area contributed by atoms with Crippen molar-refractivity contribution in [3.8, 4) is 11.3 Å². The molecule has 2 saturated heterocycles. The van der Waals surface area contributed by atoms with Crippen LogP contribution < -0.4 is 0 Å². The highest BCUT2D eigenvalue weighted by molar-refractivity contribution is 5.92. The van der Waals surface area contributed by atoms with Gasteiger partial charge in [0.05, 0.1) is 6.04 Å². The predicted molar refractivity (Wildman–Crippen MR) is 108 cm³/mol. The van der Waals surface area contributed by atoms with E-state index in [0.717, 1.165) is 56.3 Å². The second-order valence-corrected chi connectivity index (χ2v) is 7.86. The quantitative estimate of drug-likeness (QED) is 0.783. The first-order valence-electron chi connectivity index (χ1n) is 10.4. The van der Waals surface area contributed by atoms with Gasteiger partial charge in [0.15, 0.2) is 0 Å². The van der Waals surface area contributed by atoms with Gasteiger partial charge in [-0.2, -0.15) is 0 Å². The Hall–Kier alpha value is -2.83. The predicted octanol–water partition coefficient (Wildman–Crippen LogP) is 3.88. The van der Waals surface area contributed by atoms with E-state index in [-0.39, 0.29) is 30.4 Å². The molecule has 0 radical (unpaired) electrons. The van der Waals surface area contributed by atoms with E-state index in [1.54, 1.807) is 15.9 Å². The van der Waals surface area contributed by atoms with Gasteiger partial charge in [0.25, 0.3) is 5.91 Å². The number of aryl methyl sites for hydroxylation is 1. The van der Waals surface area contributed by atoms with Crippen molar-refractivity contribution >= 4 is 12.0 Å². The number of carbonyl (C=O) groups is 2. The monoisotopic (exact) mass is 397 g/mol. The van der Waals surface area contributed by atoms with E-state index in [1.165, 1.54) is 0 Å². The number of amides is 2. The summed E-state index contributed by atoms with van der Waals surface area (Å²) in [6, 6.07) is 9.48. The Balaban J connectivity index is 1.42. The molecule has 1 aromatic heterocycles. The van der Waals surface area contributed by atoms with Crippen molar-refractivity contribution in [2.45, 2.75) is 45.1 Å². The molecule has 2 aliphatic rings. The molecule has 1 atom stereocenters. The van der Waals surface area contributed by atoms with Gasteiger partial charge in [0.2, 0.25) is 5.76 Å². The van der Waals surface area contributed by atoms with Crippen LogP contribution in [0.3, 0.4) is 0 Å². The molecule has 3 heterocycles. The van der Waals surface area contributed by atoms with Gasteiger partial charge < -0.3 is 19.1 Å². The zero-order chi connectivity index (χ0) is 20.2. The van der Waals surface area contributed by atoms with E-state index in [4.69, 9.17) is 9.26 Å². The summed E-state index contributed by atoms with van der Waals surface area (Å²) in [6.07, 6.45) is 4.54. The van der Waals surface area contributed by atoms with Crippen LogP contribution in [0.5, 0.6) is 0 Å². The highest BCUT2D eigenvalue weighted by atomic mass is 16.6. The Kier molecular flexibility index (Phi) is 5.83. The molecule has 2 aromatic rings. The van der Waals surface area contributed by atoms with Crippen molar-refractivity contribution in [3.63, 3.8) is 0 Å². The van der Waals surface area contributed by atoms with Crippen LogP contribution in [-0.4, -0.2) is 59.2 Å². The number of piperidine rings is 1. The van der Waals surface area contributed by atoms with E-state index in [0.29, 0.717) is 12.2 Å². The SMILES string of the molecule is Cc1ccc(-c2cc(C(=O)N3CCCCC3COC(=O)N3CCCC3)on2)cc1. The maximum atomic E-state index is 13.1. The lowest BCUT2D eigenvalue weighted by atomic mass is 10.0. The summed E-state index contributed by atoms with van der Waals surface area (Å²) in [6.45, 7) is 4.39. The second kappa shape index (κ2) is 8.68. The normalized spacial score (nSPS) is 19.4. The van der Waals surface area contributed by atoms with Crippen molar-refractivity contribution in [3.05, 3.63) is 41.7 Å². The Labute approximate surface area is 170 Å². The van der Waals surface area contributed by atoms with Crippen LogP contribution in [0.1, 0.15) is 48.2 Å². The molecule has 0 bridgehead atoms. The largest absolute Gasteiger partial charge is 0.447 e. The lowest BCUT2D eigenvalue weighted by Crippen LogP contribution is -2.47. The lowest BCUT2D eigenvalue weighted by Gasteiger charge is -2.34. The molecule has 7 nitrogen and oxygen atoms in total. The van der Waals surface area contributed by atoms with Gasteiger partial charge in [-0.1, -0.05) is 35.0 Å². The van der Waals surface area contributed by atoms with E-state index in [9.17, 15) is 9.59 Å². The molecule has 4 rings (SSSR count). The number of benzene rings is 1. The fraction of sp³-hybridized carbons (Fsp3) is 0.500. The molecule has 2 fully saturated rings. The van der Waals surface area contributed by atoms with Gasteiger partial charge in [0, 0.05) is 31.3 Å². The van der Waals surface area contributed by atoms with Crippen LogP contribution >= 0.6 is 0 Å². The Morgan fingerprint density at radius 1 is 1.10 bits per heavy atom. The van der Waals surface area contributed by atoms with Crippen LogP contribution in [0, 0.1) is 6.92 Å². The van der Waals surface area contributed by atoms with Crippen molar-refractivity contribution in [2.75, 3.05) is 26.2 Å². The summed E-state index contributed by atoms with van der Waals surface area (Å²) in [5.41, 5.74) is 2.71.